The van der Waals surface area contributed by atoms with Crippen LogP contribution in [0.4, 0.5) is 4.39 Å². The number of ether oxygens (including phenoxy) is 1. The largest absolute Gasteiger partial charge is 0.457 e. The van der Waals surface area contributed by atoms with E-state index in [9.17, 15) is 9.18 Å². The van der Waals surface area contributed by atoms with Gasteiger partial charge in [-0.05, 0) is 40.2 Å². The maximum atomic E-state index is 13.1. The number of carbonyl (C=O) groups excluding carboxylic acids is 1. The molecule has 1 N–H and O–H groups in total. The lowest BCUT2D eigenvalue weighted by atomic mass is 10.3. The number of carbonyl (C=O) groups is 1. The van der Waals surface area contributed by atoms with E-state index in [1.807, 2.05) is 0 Å². The zero-order chi connectivity index (χ0) is 13.8. The SMILES string of the molecule is CNC(=O)c1cc(Oc2ccc(F)c(Br)c2)ccn1. The van der Waals surface area contributed by atoms with Crippen molar-refractivity contribution in [3.05, 3.63) is 52.5 Å². The quantitative estimate of drug-likeness (QED) is 0.943. The molecule has 0 aliphatic rings. The highest BCUT2D eigenvalue weighted by Crippen LogP contribution is 2.26. The molecule has 98 valence electrons. The monoisotopic (exact) mass is 324 g/mol. The minimum absolute atomic E-state index is 0.251. The summed E-state index contributed by atoms with van der Waals surface area (Å²) >= 11 is 3.08. The van der Waals surface area contributed by atoms with Gasteiger partial charge in [0.15, 0.2) is 0 Å². The summed E-state index contributed by atoms with van der Waals surface area (Å²) in [7, 11) is 1.52. The number of hydrogen-bond acceptors (Lipinski definition) is 3. The third kappa shape index (κ3) is 3.29. The second-order valence-electron chi connectivity index (χ2n) is 3.63. The van der Waals surface area contributed by atoms with Crippen LogP contribution >= 0.6 is 15.9 Å². The van der Waals surface area contributed by atoms with Crippen LogP contribution in [0.2, 0.25) is 0 Å². The Morgan fingerprint density at radius 2 is 2.05 bits per heavy atom. The number of benzene rings is 1. The van der Waals surface area contributed by atoms with Crippen LogP contribution in [0.25, 0.3) is 0 Å². The highest BCUT2D eigenvalue weighted by molar-refractivity contribution is 9.10. The van der Waals surface area contributed by atoms with Crippen molar-refractivity contribution in [3.8, 4) is 11.5 Å². The molecule has 0 bridgehead atoms. The van der Waals surface area contributed by atoms with Crippen LogP contribution in [0.15, 0.2) is 41.0 Å². The van der Waals surface area contributed by atoms with Gasteiger partial charge in [-0.1, -0.05) is 0 Å². The molecule has 0 spiro atoms. The van der Waals surface area contributed by atoms with Crippen LogP contribution in [0.3, 0.4) is 0 Å². The third-order valence-corrected chi connectivity index (χ3v) is 2.93. The molecule has 19 heavy (non-hydrogen) atoms. The Balaban J connectivity index is 2.23. The van der Waals surface area contributed by atoms with E-state index in [0.29, 0.717) is 16.0 Å². The Hall–Kier alpha value is -1.95. The second kappa shape index (κ2) is 5.79. The molecule has 0 saturated carbocycles. The zero-order valence-corrected chi connectivity index (χ0v) is 11.6. The van der Waals surface area contributed by atoms with Crippen LogP contribution in [0.1, 0.15) is 10.5 Å². The molecule has 0 aliphatic carbocycles. The Morgan fingerprint density at radius 1 is 1.32 bits per heavy atom. The molecular formula is C13H10BrFN2O2. The molecule has 1 aromatic carbocycles. The van der Waals surface area contributed by atoms with Crippen molar-refractivity contribution >= 4 is 21.8 Å². The third-order valence-electron chi connectivity index (χ3n) is 2.32. The van der Waals surface area contributed by atoms with Gasteiger partial charge in [0.25, 0.3) is 5.91 Å². The second-order valence-corrected chi connectivity index (χ2v) is 4.49. The summed E-state index contributed by atoms with van der Waals surface area (Å²) < 4.78 is 18.9. The van der Waals surface area contributed by atoms with Crippen LogP contribution in [0, 0.1) is 5.82 Å². The minimum atomic E-state index is -0.367. The van der Waals surface area contributed by atoms with Crippen molar-refractivity contribution in [3.63, 3.8) is 0 Å². The van der Waals surface area contributed by atoms with E-state index in [1.165, 1.54) is 37.5 Å². The van der Waals surface area contributed by atoms with Gasteiger partial charge in [0.1, 0.15) is 23.0 Å². The first-order valence-corrected chi connectivity index (χ1v) is 6.20. The number of nitrogens with zero attached hydrogens (tertiary/aromatic N) is 1. The molecule has 2 rings (SSSR count). The van der Waals surface area contributed by atoms with Gasteiger partial charge in [-0.3, -0.25) is 9.78 Å². The molecule has 0 atom stereocenters. The smallest absolute Gasteiger partial charge is 0.269 e. The normalized spacial score (nSPS) is 10.1. The summed E-state index contributed by atoms with van der Waals surface area (Å²) in [4.78, 5) is 15.4. The van der Waals surface area contributed by atoms with Crippen molar-refractivity contribution < 1.29 is 13.9 Å². The summed E-state index contributed by atoms with van der Waals surface area (Å²) in [5.41, 5.74) is 0.251. The van der Waals surface area contributed by atoms with Crippen LogP contribution < -0.4 is 10.1 Å². The average molecular weight is 325 g/mol. The van der Waals surface area contributed by atoms with Gasteiger partial charge in [-0.25, -0.2) is 4.39 Å². The lowest BCUT2D eigenvalue weighted by Gasteiger charge is -2.07. The van der Waals surface area contributed by atoms with Gasteiger partial charge in [-0.2, -0.15) is 0 Å². The predicted molar refractivity (Wildman–Crippen MR) is 71.8 cm³/mol. The fourth-order valence-electron chi connectivity index (χ4n) is 1.40. The van der Waals surface area contributed by atoms with Crippen molar-refractivity contribution in [2.24, 2.45) is 0 Å². The lowest BCUT2D eigenvalue weighted by Crippen LogP contribution is -2.18. The van der Waals surface area contributed by atoms with Crippen molar-refractivity contribution in [1.29, 1.82) is 0 Å². The number of nitrogens with one attached hydrogen (secondary N) is 1. The van der Waals surface area contributed by atoms with E-state index in [1.54, 1.807) is 6.07 Å². The fourth-order valence-corrected chi connectivity index (χ4v) is 1.76. The zero-order valence-electron chi connectivity index (χ0n) is 9.98. The molecule has 0 aliphatic heterocycles. The molecule has 0 saturated heterocycles. The summed E-state index contributed by atoms with van der Waals surface area (Å²) in [6, 6.07) is 7.43. The highest BCUT2D eigenvalue weighted by atomic mass is 79.9. The Bertz CT molecular complexity index is 619. The summed E-state index contributed by atoms with van der Waals surface area (Å²) in [6.07, 6.45) is 1.47. The minimum Gasteiger partial charge on any atom is -0.457 e. The topological polar surface area (TPSA) is 51.2 Å². The van der Waals surface area contributed by atoms with Gasteiger partial charge in [0.2, 0.25) is 0 Å². The van der Waals surface area contributed by atoms with Crippen LogP contribution in [0.5, 0.6) is 11.5 Å². The summed E-state index contributed by atoms with van der Waals surface area (Å²) in [6.45, 7) is 0. The summed E-state index contributed by atoms with van der Waals surface area (Å²) in [5, 5.41) is 2.47. The van der Waals surface area contributed by atoms with E-state index in [2.05, 4.69) is 26.2 Å². The number of hydrogen-bond donors (Lipinski definition) is 1. The number of aromatic nitrogens is 1. The number of halogens is 2. The van der Waals surface area contributed by atoms with E-state index in [0.717, 1.165) is 0 Å². The van der Waals surface area contributed by atoms with Crippen LogP contribution in [-0.2, 0) is 0 Å². The molecule has 4 nitrogen and oxygen atoms in total. The first kappa shape index (κ1) is 13.5. The van der Waals surface area contributed by atoms with Gasteiger partial charge in [-0.15, -0.1) is 0 Å². The van der Waals surface area contributed by atoms with Crippen molar-refractivity contribution in [2.45, 2.75) is 0 Å². The number of pyridine rings is 1. The van der Waals surface area contributed by atoms with E-state index in [-0.39, 0.29) is 17.4 Å². The van der Waals surface area contributed by atoms with Crippen molar-refractivity contribution in [1.82, 2.24) is 10.3 Å². The molecule has 1 aromatic heterocycles. The maximum Gasteiger partial charge on any atom is 0.269 e. The number of amides is 1. The first-order chi connectivity index (χ1) is 9.10. The fraction of sp³-hybridized carbons (Fsp3) is 0.0769. The van der Waals surface area contributed by atoms with Gasteiger partial charge in [0, 0.05) is 19.3 Å². The van der Waals surface area contributed by atoms with E-state index < -0.39 is 0 Å². The number of rotatable bonds is 3. The molecule has 2 aromatic rings. The molecule has 0 fully saturated rings. The van der Waals surface area contributed by atoms with Gasteiger partial charge >= 0.3 is 0 Å². The summed E-state index contributed by atoms with van der Waals surface area (Å²) in [5.74, 6) is 0.244. The standard InChI is InChI=1S/C13H10BrFN2O2/c1-16-13(18)12-7-9(4-5-17-12)19-8-2-3-11(15)10(14)6-8/h2-7H,1H3,(H,16,18). The van der Waals surface area contributed by atoms with Crippen LogP contribution in [-0.4, -0.2) is 17.9 Å². The van der Waals surface area contributed by atoms with E-state index in [4.69, 9.17) is 4.74 Å². The maximum absolute atomic E-state index is 13.1. The molecule has 6 heteroatoms. The van der Waals surface area contributed by atoms with Gasteiger partial charge in [0.05, 0.1) is 4.47 Å². The first-order valence-electron chi connectivity index (χ1n) is 5.41. The van der Waals surface area contributed by atoms with E-state index >= 15 is 0 Å². The Labute approximate surface area is 117 Å². The Morgan fingerprint density at radius 3 is 2.74 bits per heavy atom. The van der Waals surface area contributed by atoms with Gasteiger partial charge < -0.3 is 10.1 Å². The molecular weight excluding hydrogens is 315 g/mol. The predicted octanol–water partition coefficient (Wildman–Crippen LogP) is 3.14. The lowest BCUT2D eigenvalue weighted by molar-refractivity contribution is 0.0958. The Kier molecular flexibility index (Phi) is 4.11. The van der Waals surface area contributed by atoms with Crippen molar-refractivity contribution in [2.75, 3.05) is 7.05 Å². The highest BCUT2D eigenvalue weighted by Gasteiger charge is 2.07. The average Bonchev–Trinajstić information content (AvgIpc) is 2.42. The molecule has 1 heterocycles. The molecule has 1 amide bonds. The molecule has 0 unspecified atom stereocenters. The molecule has 0 radical (unpaired) electrons.